The Morgan fingerprint density at radius 1 is 0.338 bits per heavy atom. The van der Waals surface area contributed by atoms with Gasteiger partial charge in [-0.15, -0.1) is 0 Å². The molecule has 0 aromatic heterocycles. The molecule has 382 valence electrons. The summed E-state index contributed by atoms with van der Waals surface area (Å²) in [4.78, 5) is 25.5. The van der Waals surface area contributed by atoms with Crippen LogP contribution in [0.2, 0.25) is 0 Å². The Labute approximate surface area is 419 Å². The molecule has 0 N–H and O–H groups in total. The molecule has 0 aliphatic heterocycles. The summed E-state index contributed by atoms with van der Waals surface area (Å²) >= 11 is 0. The molecular formula is C63H100O5. The zero-order valence-corrected chi connectivity index (χ0v) is 43.8. The molecule has 0 saturated carbocycles. The zero-order valence-electron chi connectivity index (χ0n) is 43.8. The standard InChI is InChI=1S/C63H100O5/c1-4-7-10-13-16-19-22-25-28-30-32-34-36-38-41-44-47-50-53-56-62(64)67-60-61(59-66-58-55-52-49-46-43-40-27-24-21-18-15-12-9-6-3)68-63(65)57-54-51-48-45-42-39-37-35-33-31-29-26-23-20-17-14-11-8-5-2/h7,9-10,12,16-21,25-29,32-35,38,40-41,46,49,61H,4-6,8,11,13-15,22-24,30-31,36-37,39,42-45,47-48,50-60H2,1-3H3/b10-7-,12-9-,19-16-,20-17-,21-18-,28-25-,29-26-,34-32-,35-33-,40-27-,41-38-,49-46-. The van der Waals surface area contributed by atoms with Crippen LogP contribution in [0.4, 0.5) is 0 Å². The Morgan fingerprint density at radius 3 is 1.07 bits per heavy atom. The number of carbonyl (C=O) groups is 2. The van der Waals surface area contributed by atoms with Gasteiger partial charge < -0.3 is 14.2 Å². The van der Waals surface area contributed by atoms with Gasteiger partial charge in [-0.05, 0) is 135 Å². The van der Waals surface area contributed by atoms with Crippen molar-refractivity contribution in [3.05, 3.63) is 146 Å². The highest BCUT2D eigenvalue weighted by atomic mass is 16.6. The smallest absolute Gasteiger partial charge is 0.306 e. The lowest BCUT2D eigenvalue weighted by atomic mass is 10.1. The topological polar surface area (TPSA) is 61.8 Å². The lowest BCUT2D eigenvalue weighted by Gasteiger charge is -2.18. The van der Waals surface area contributed by atoms with E-state index in [-0.39, 0.29) is 25.2 Å². The van der Waals surface area contributed by atoms with E-state index in [1.165, 1.54) is 44.9 Å². The predicted molar refractivity (Wildman–Crippen MR) is 297 cm³/mol. The molecule has 0 radical (unpaired) electrons. The minimum atomic E-state index is -0.597. The molecule has 0 aromatic carbocycles. The lowest BCUT2D eigenvalue weighted by Crippen LogP contribution is -2.30. The summed E-state index contributed by atoms with van der Waals surface area (Å²) in [5.41, 5.74) is 0. The van der Waals surface area contributed by atoms with E-state index in [4.69, 9.17) is 14.2 Å². The minimum Gasteiger partial charge on any atom is -0.462 e. The number of hydrogen-bond acceptors (Lipinski definition) is 5. The van der Waals surface area contributed by atoms with Crippen molar-refractivity contribution >= 4 is 11.9 Å². The highest BCUT2D eigenvalue weighted by Gasteiger charge is 2.17. The molecule has 0 aliphatic rings. The summed E-state index contributed by atoms with van der Waals surface area (Å²) < 4.78 is 17.3. The third kappa shape index (κ3) is 54.4. The van der Waals surface area contributed by atoms with Crippen molar-refractivity contribution in [3.8, 4) is 0 Å². The number of ether oxygens (including phenoxy) is 3. The third-order valence-corrected chi connectivity index (χ3v) is 10.8. The van der Waals surface area contributed by atoms with Crippen molar-refractivity contribution in [2.75, 3.05) is 19.8 Å². The van der Waals surface area contributed by atoms with Crippen molar-refractivity contribution in [2.45, 2.75) is 219 Å². The van der Waals surface area contributed by atoms with E-state index in [9.17, 15) is 9.59 Å². The molecule has 0 rings (SSSR count). The van der Waals surface area contributed by atoms with Gasteiger partial charge in [-0.2, -0.15) is 0 Å². The van der Waals surface area contributed by atoms with Crippen LogP contribution in [0.1, 0.15) is 213 Å². The average molecular weight is 937 g/mol. The van der Waals surface area contributed by atoms with Crippen molar-refractivity contribution in [2.24, 2.45) is 0 Å². The maximum absolute atomic E-state index is 12.8. The SMILES string of the molecule is CC/C=C\C/C=C\C/C=C\C/C=C\C/C=C\CCCCCC(=O)OCC(COCCC/C=C\C/C=C\C/C=C\C/C=C\CC)OC(=O)CCCCCCCC/C=C\C/C=C\C/C=C\CCCCC. The Balaban J connectivity index is 4.46. The Kier molecular flexibility index (Phi) is 53.6. The van der Waals surface area contributed by atoms with Crippen molar-refractivity contribution < 1.29 is 23.8 Å². The number of allylic oxidation sites excluding steroid dienone is 24. The van der Waals surface area contributed by atoms with Crippen molar-refractivity contribution in [3.63, 3.8) is 0 Å². The zero-order chi connectivity index (χ0) is 49.2. The van der Waals surface area contributed by atoms with E-state index < -0.39 is 6.10 Å². The molecule has 0 heterocycles. The first-order chi connectivity index (χ1) is 33.6. The summed E-state index contributed by atoms with van der Waals surface area (Å²) in [6.45, 7) is 7.37. The Hall–Kier alpha value is -4.22. The van der Waals surface area contributed by atoms with Crippen LogP contribution in [0, 0.1) is 0 Å². The van der Waals surface area contributed by atoms with E-state index in [1.54, 1.807) is 0 Å². The highest BCUT2D eigenvalue weighted by Crippen LogP contribution is 2.12. The molecule has 1 unspecified atom stereocenters. The Morgan fingerprint density at radius 2 is 0.662 bits per heavy atom. The summed E-state index contributed by atoms with van der Waals surface area (Å²) in [6.07, 6.45) is 83.0. The van der Waals surface area contributed by atoms with Crippen molar-refractivity contribution in [1.29, 1.82) is 0 Å². The third-order valence-electron chi connectivity index (χ3n) is 10.8. The van der Waals surface area contributed by atoms with E-state index >= 15 is 0 Å². The van der Waals surface area contributed by atoms with Crippen LogP contribution in [0.15, 0.2) is 146 Å². The van der Waals surface area contributed by atoms with Crippen molar-refractivity contribution in [1.82, 2.24) is 0 Å². The summed E-state index contributed by atoms with van der Waals surface area (Å²) in [7, 11) is 0. The van der Waals surface area contributed by atoms with Crippen LogP contribution in [0.3, 0.4) is 0 Å². The summed E-state index contributed by atoms with van der Waals surface area (Å²) in [6, 6.07) is 0. The van der Waals surface area contributed by atoms with E-state index in [0.29, 0.717) is 19.4 Å². The molecule has 0 aliphatic carbocycles. The Bertz CT molecular complexity index is 1480. The van der Waals surface area contributed by atoms with Crippen LogP contribution in [0.5, 0.6) is 0 Å². The van der Waals surface area contributed by atoms with Crippen LogP contribution in [0.25, 0.3) is 0 Å². The molecule has 0 aromatic rings. The number of unbranched alkanes of at least 4 members (excludes halogenated alkanes) is 13. The fourth-order valence-corrected chi connectivity index (χ4v) is 6.84. The van der Waals surface area contributed by atoms with Gasteiger partial charge in [0.2, 0.25) is 0 Å². The summed E-state index contributed by atoms with van der Waals surface area (Å²) in [5, 5.41) is 0. The second-order valence-electron chi connectivity index (χ2n) is 17.4. The van der Waals surface area contributed by atoms with Crippen LogP contribution in [-0.2, 0) is 23.8 Å². The normalized spacial score (nSPS) is 13.4. The van der Waals surface area contributed by atoms with Gasteiger partial charge in [0.1, 0.15) is 6.61 Å². The summed E-state index contributed by atoms with van der Waals surface area (Å²) in [5.74, 6) is -0.490. The fraction of sp³-hybridized carbons (Fsp3) is 0.587. The second-order valence-corrected chi connectivity index (χ2v) is 17.4. The second kappa shape index (κ2) is 57.1. The molecular weight excluding hydrogens is 837 g/mol. The number of carbonyl (C=O) groups excluding carboxylic acids is 2. The molecule has 0 bridgehead atoms. The largest absolute Gasteiger partial charge is 0.462 e. The molecule has 0 spiro atoms. The van der Waals surface area contributed by atoms with E-state index in [2.05, 4.69) is 167 Å². The van der Waals surface area contributed by atoms with Crippen LogP contribution >= 0.6 is 0 Å². The van der Waals surface area contributed by atoms with Gasteiger partial charge in [-0.1, -0.05) is 212 Å². The van der Waals surface area contributed by atoms with E-state index in [0.717, 1.165) is 135 Å². The first-order valence-electron chi connectivity index (χ1n) is 27.4. The molecule has 5 nitrogen and oxygen atoms in total. The van der Waals surface area contributed by atoms with Crippen LogP contribution < -0.4 is 0 Å². The molecule has 5 heteroatoms. The molecule has 0 amide bonds. The minimum absolute atomic E-state index is 0.0305. The number of esters is 2. The molecule has 0 saturated heterocycles. The van der Waals surface area contributed by atoms with Gasteiger partial charge in [-0.3, -0.25) is 9.59 Å². The average Bonchev–Trinajstić information content (AvgIpc) is 3.34. The van der Waals surface area contributed by atoms with Gasteiger partial charge in [0.25, 0.3) is 0 Å². The number of hydrogen-bond donors (Lipinski definition) is 0. The molecule has 1 atom stereocenters. The van der Waals surface area contributed by atoms with Gasteiger partial charge in [0.05, 0.1) is 6.61 Å². The maximum atomic E-state index is 12.8. The van der Waals surface area contributed by atoms with Gasteiger partial charge in [0, 0.05) is 19.4 Å². The van der Waals surface area contributed by atoms with Gasteiger partial charge >= 0.3 is 11.9 Å². The first kappa shape index (κ1) is 63.8. The van der Waals surface area contributed by atoms with Gasteiger partial charge in [0.15, 0.2) is 6.10 Å². The quantitative estimate of drug-likeness (QED) is 0.0346. The van der Waals surface area contributed by atoms with Gasteiger partial charge in [-0.25, -0.2) is 0 Å². The first-order valence-corrected chi connectivity index (χ1v) is 27.4. The highest BCUT2D eigenvalue weighted by molar-refractivity contribution is 5.70. The molecule has 0 fully saturated rings. The predicted octanol–water partition coefficient (Wildman–Crippen LogP) is 18.9. The van der Waals surface area contributed by atoms with E-state index in [1.807, 2.05) is 0 Å². The molecule has 68 heavy (non-hydrogen) atoms. The number of rotatable bonds is 48. The monoisotopic (exact) mass is 937 g/mol. The van der Waals surface area contributed by atoms with Crippen LogP contribution in [-0.4, -0.2) is 37.9 Å². The maximum Gasteiger partial charge on any atom is 0.306 e. The lowest BCUT2D eigenvalue weighted by molar-refractivity contribution is -0.163. The fourth-order valence-electron chi connectivity index (χ4n) is 6.84.